The Hall–Kier alpha value is -5.50. The van der Waals surface area contributed by atoms with E-state index in [1.807, 2.05) is 60.7 Å². The number of hydrogen-bond acceptors (Lipinski definition) is 11. The zero-order valence-electron chi connectivity index (χ0n) is 27.7. The van der Waals surface area contributed by atoms with Gasteiger partial charge in [-0.3, -0.25) is 14.5 Å². The van der Waals surface area contributed by atoms with E-state index in [2.05, 4.69) is 30.1 Å². The standard InChI is InChI=1S/C32H38N10O8/c1-19(42(17-22-10-6-4-7-11-22)32(45)46-18-23-12-8-5-9-13-23)27-15-14-24(36-39-33)31(49-27)50-29-26(38-41-35)16-25(37-40-34)28(47-20(2)43)30(29)48-21(3)44/h4-13,19,24-31H,14-18H2,1-3H3/t19-,24?,25+,26-,27-,28-,29+,30+,31+/m0/s1. The Balaban J connectivity index is 1.64. The number of hydrogen-bond donors (Lipinski definition) is 0. The van der Waals surface area contributed by atoms with Crippen LogP contribution in [0.25, 0.3) is 31.3 Å². The summed E-state index contributed by atoms with van der Waals surface area (Å²) in [5.74, 6) is -1.53. The lowest BCUT2D eigenvalue weighted by Crippen LogP contribution is -2.60. The van der Waals surface area contributed by atoms with Gasteiger partial charge in [0.2, 0.25) is 0 Å². The van der Waals surface area contributed by atoms with E-state index in [0.717, 1.165) is 25.0 Å². The van der Waals surface area contributed by atoms with Crippen LogP contribution in [-0.4, -0.2) is 77.8 Å². The van der Waals surface area contributed by atoms with Gasteiger partial charge in [-0.25, -0.2) is 4.79 Å². The Bertz CT molecular complexity index is 1620. The molecule has 1 heterocycles. The van der Waals surface area contributed by atoms with Gasteiger partial charge < -0.3 is 23.7 Å². The highest BCUT2D eigenvalue weighted by Crippen LogP contribution is 2.36. The molecule has 9 atom stereocenters. The topological polar surface area (TPSA) is 247 Å². The molecule has 264 valence electrons. The van der Waals surface area contributed by atoms with Crippen LogP contribution >= 0.6 is 0 Å². The number of carbonyl (C=O) groups is 3. The first-order chi connectivity index (χ1) is 24.1. The minimum atomic E-state index is -1.41. The van der Waals surface area contributed by atoms with E-state index in [0.29, 0.717) is 6.42 Å². The quantitative estimate of drug-likeness (QED) is 0.0745. The molecule has 1 saturated carbocycles. The van der Waals surface area contributed by atoms with Gasteiger partial charge in [0.25, 0.3) is 0 Å². The van der Waals surface area contributed by atoms with Gasteiger partial charge in [0.15, 0.2) is 12.4 Å². The maximum absolute atomic E-state index is 13.6. The van der Waals surface area contributed by atoms with Gasteiger partial charge in [-0.2, -0.15) is 0 Å². The number of esters is 2. The van der Waals surface area contributed by atoms with Gasteiger partial charge in [-0.05, 0) is 53.9 Å². The molecule has 0 bridgehead atoms. The van der Waals surface area contributed by atoms with Crippen LogP contribution in [0.5, 0.6) is 0 Å². The molecule has 1 saturated heterocycles. The summed E-state index contributed by atoms with van der Waals surface area (Å²) < 4.78 is 29.5. The van der Waals surface area contributed by atoms with Gasteiger partial charge in [0, 0.05) is 35.1 Å². The Morgan fingerprint density at radius 1 is 0.800 bits per heavy atom. The number of ether oxygens (including phenoxy) is 5. The summed E-state index contributed by atoms with van der Waals surface area (Å²) in [4.78, 5) is 48.2. The molecule has 50 heavy (non-hydrogen) atoms. The molecule has 18 heteroatoms. The predicted octanol–water partition coefficient (Wildman–Crippen LogP) is 6.41. The summed E-state index contributed by atoms with van der Waals surface area (Å²) in [6.07, 6.45) is -6.07. The molecule has 1 aliphatic heterocycles. The summed E-state index contributed by atoms with van der Waals surface area (Å²) in [7, 11) is 0. The fraction of sp³-hybridized carbons (Fsp3) is 0.531. The van der Waals surface area contributed by atoms with Crippen molar-refractivity contribution in [2.24, 2.45) is 15.3 Å². The van der Waals surface area contributed by atoms with E-state index in [1.165, 1.54) is 0 Å². The third-order valence-corrected chi connectivity index (χ3v) is 8.42. The Morgan fingerprint density at radius 2 is 1.34 bits per heavy atom. The lowest BCUT2D eigenvalue weighted by molar-refractivity contribution is -0.263. The largest absolute Gasteiger partial charge is 0.458 e. The van der Waals surface area contributed by atoms with E-state index in [4.69, 9.17) is 23.7 Å². The van der Waals surface area contributed by atoms with E-state index >= 15 is 0 Å². The van der Waals surface area contributed by atoms with E-state index in [-0.39, 0.29) is 26.0 Å². The first-order valence-corrected chi connectivity index (χ1v) is 15.9. The fourth-order valence-corrected chi connectivity index (χ4v) is 6.10. The molecule has 1 aliphatic carbocycles. The summed E-state index contributed by atoms with van der Waals surface area (Å²) >= 11 is 0. The van der Waals surface area contributed by atoms with E-state index in [9.17, 15) is 31.0 Å². The second-order valence-corrected chi connectivity index (χ2v) is 11.8. The van der Waals surface area contributed by atoms with Crippen LogP contribution < -0.4 is 0 Å². The van der Waals surface area contributed by atoms with Crippen LogP contribution in [0.2, 0.25) is 0 Å². The van der Waals surface area contributed by atoms with Crippen molar-refractivity contribution in [2.75, 3.05) is 0 Å². The molecule has 0 spiro atoms. The molecule has 2 aromatic rings. The molecule has 1 amide bonds. The highest BCUT2D eigenvalue weighted by Gasteiger charge is 2.51. The van der Waals surface area contributed by atoms with E-state index < -0.39 is 72.9 Å². The summed E-state index contributed by atoms with van der Waals surface area (Å²) in [6.45, 7) is 4.30. The van der Waals surface area contributed by atoms with Crippen molar-refractivity contribution < 1.29 is 38.1 Å². The van der Waals surface area contributed by atoms with E-state index in [1.54, 1.807) is 11.8 Å². The maximum Gasteiger partial charge on any atom is 0.410 e. The van der Waals surface area contributed by atoms with Crippen molar-refractivity contribution in [3.8, 4) is 0 Å². The summed E-state index contributed by atoms with van der Waals surface area (Å²) in [6, 6.07) is 14.9. The van der Waals surface area contributed by atoms with Crippen molar-refractivity contribution in [1.82, 2.24) is 4.90 Å². The third-order valence-electron chi connectivity index (χ3n) is 8.42. The van der Waals surface area contributed by atoms with Crippen LogP contribution in [0.15, 0.2) is 76.0 Å². The highest BCUT2D eigenvalue weighted by atomic mass is 16.7. The molecule has 0 N–H and O–H groups in total. The van der Waals surface area contributed by atoms with Gasteiger partial charge in [0.1, 0.15) is 18.8 Å². The molecule has 2 aliphatic rings. The minimum absolute atomic E-state index is 0.0499. The number of azide groups is 3. The second kappa shape index (κ2) is 18.3. The smallest absolute Gasteiger partial charge is 0.410 e. The predicted molar refractivity (Wildman–Crippen MR) is 175 cm³/mol. The number of amides is 1. The second-order valence-electron chi connectivity index (χ2n) is 11.8. The zero-order chi connectivity index (χ0) is 36.0. The molecule has 18 nitrogen and oxygen atoms in total. The molecule has 1 unspecified atom stereocenters. The lowest BCUT2D eigenvalue weighted by atomic mass is 9.84. The average Bonchev–Trinajstić information content (AvgIpc) is 3.10. The molecule has 2 aromatic carbocycles. The van der Waals surface area contributed by atoms with Crippen molar-refractivity contribution in [3.05, 3.63) is 103 Å². The van der Waals surface area contributed by atoms with Crippen LogP contribution in [0.3, 0.4) is 0 Å². The number of carbonyl (C=O) groups excluding carboxylic acids is 3. The molecule has 0 radical (unpaired) electrons. The van der Waals surface area contributed by atoms with Crippen LogP contribution in [0.1, 0.15) is 51.2 Å². The molecular formula is C32H38N10O8. The highest BCUT2D eigenvalue weighted by molar-refractivity contribution is 5.68. The normalized spacial score (nSPS) is 26.4. The van der Waals surface area contributed by atoms with Crippen molar-refractivity contribution in [3.63, 3.8) is 0 Å². The minimum Gasteiger partial charge on any atom is -0.458 e. The van der Waals surface area contributed by atoms with Crippen molar-refractivity contribution in [2.45, 2.75) is 108 Å². The van der Waals surface area contributed by atoms with Gasteiger partial charge >= 0.3 is 18.0 Å². The molecule has 4 rings (SSSR count). The van der Waals surface area contributed by atoms with Crippen molar-refractivity contribution >= 4 is 18.0 Å². The first kappa shape index (κ1) is 37.3. The third kappa shape index (κ3) is 10.0. The first-order valence-electron chi connectivity index (χ1n) is 15.9. The lowest BCUT2D eigenvalue weighted by Gasteiger charge is -2.46. The monoisotopic (exact) mass is 690 g/mol. The fourth-order valence-electron chi connectivity index (χ4n) is 6.10. The van der Waals surface area contributed by atoms with Crippen molar-refractivity contribution in [1.29, 1.82) is 0 Å². The van der Waals surface area contributed by atoms with Crippen LogP contribution in [0.4, 0.5) is 4.79 Å². The summed E-state index contributed by atoms with van der Waals surface area (Å²) in [5.41, 5.74) is 29.6. The summed E-state index contributed by atoms with van der Waals surface area (Å²) in [5, 5.41) is 11.4. The van der Waals surface area contributed by atoms with Gasteiger partial charge in [-0.1, -0.05) is 76.0 Å². The van der Waals surface area contributed by atoms with Crippen LogP contribution in [-0.2, 0) is 46.4 Å². The zero-order valence-corrected chi connectivity index (χ0v) is 27.7. The Labute approximate surface area is 287 Å². The van der Waals surface area contributed by atoms with Gasteiger partial charge in [0.05, 0.1) is 30.3 Å². The molecule has 2 fully saturated rings. The average molecular weight is 691 g/mol. The molecular weight excluding hydrogens is 652 g/mol. The SMILES string of the molecule is CC(=O)O[C@@H]1[C@@H](OC(C)=O)[C@H](N=[N+]=[N-])C[C@H](N=[N+]=[N-])[C@H]1O[C@H]1O[C@H]([C@H](C)N(Cc2ccccc2)C(=O)OCc2ccccc2)CCC1N=[N+]=[N-]. The van der Waals surface area contributed by atoms with Crippen LogP contribution in [0, 0.1) is 0 Å². The number of nitrogens with zero attached hydrogens (tertiary/aromatic N) is 10. The van der Waals surface area contributed by atoms with Gasteiger partial charge in [-0.15, -0.1) is 0 Å². The Morgan fingerprint density at radius 3 is 1.92 bits per heavy atom. The number of benzene rings is 2. The number of rotatable bonds is 13. The maximum atomic E-state index is 13.6. The molecule has 0 aromatic heterocycles. The Kier molecular flexibility index (Phi) is 13.7.